The van der Waals surface area contributed by atoms with E-state index in [0.29, 0.717) is 0 Å². The van der Waals surface area contributed by atoms with E-state index >= 15 is 0 Å². The molecule has 0 aliphatic rings. The van der Waals surface area contributed by atoms with Crippen LogP contribution in [0.15, 0.2) is 199 Å². The van der Waals surface area contributed by atoms with E-state index in [2.05, 4.69) is 191 Å². The van der Waals surface area contributed by atoms with Crippen molar-refractivity contribution in [3.05, 3.63) is 194 Å². The summed E-state index contributed by atoms with van der Waals surface area (Å²) < 4.78 is 11.4. The largest absolute Gasteiger partial charge is 0.456 e. The van der Waals surface area contributed by atoms with Crippen molar-refractivity contribution in [3.8, 4) is 22.3 Å². The van der Waals surface area contributed by atoms with Crippen molar-refractivity contribution in [3.63, 3.8) is 0 Å². The standard InChI is InChI=1S/C54H32N2OS/c1-4-13-48-40(8-1)45-11-7-12-46-41-28-26-39(32-49(41)56(48)54(45)46)55(37-22-16-33(17-23-37)35-21-29-53-47(30-35)44-10-3-6-15-52(44)58-53)38-24-18-34(19-25-38)36-20-27-43-42-9-2-5-14-50(42)57-51(43)31-36/h1-32H. The number of benzene rings is 9. The van der Waals surface area contributed by atoms with Gasteiger partial charge < -0.3 is 13.7 Å². The minimum atomic E-state index is 0.904. The second kappa shape index (κ2) is 12.1. The molecule has 0 unspecified atom stereocenters. The van der Waals surface area contributed by atoms with Gasteiger partial charge in [-0.25, -0.2) is 0 Å². The zero-order valence-corrected chi connectivity index (χ0v) is 32.0. The number of nitrogens with zero attached hydrogens (tertiary/aromatic N) is 2. The van der Waals surface area contributed by atoms with E-state index in [1.165, 1.54) is 69.4 Å². The molecule has 0 radical (unpaired) electrons. The first-order valence-electron chi connectivity index (χ1n) is 19.7. The molecule has 4 heteroatoms. The quantitative estimate of drug-likeness (QED) is 0.174. The molecule has 0 aliphatic heterocycles. The lowest BCUT2D eigenvalue weighted by molar-refractivity contribution is 0.669. The minimum Gasteiger partial charge on any atom is -0.456 e. The first-order valence-corrected chi connectivity index (χ1v) is 20.6. The number of furan rings is 1. The number of thiophene rings is 1. The normalized spacial score (nSPS) is 12.1. The Bertz CT molecular complexity index is 3740. The Hall–Kier alpha value is -7.40. The molecule has 3 nitrogen and oxygen atoms in total. The Morgan fingerprint density at radius 3 is 1.69 bits per heavy atom. The minimum absolute atomic E-state index is 0.904. The summed E-state index contributed by atoms with van der Waals surface area (Å²) >= 11 is 1.86. The molecule has 13 aromatic rings. The van der Waals surface area contributed by atoms with E-state index < -0.39 is 0 Å². The van der Waals surface area contributed by atoms with Gasteiger partial charge >= 0.3 is 0 Å². The zero-order valence-electron chi connectivity index (χ0n) is 31.2. The fourth-order valence-electron chi connectivity index (χ4n) is 9.42. The van der Waals surface area contributed by atoms with Gasteiger partial charge in [0.1, 0.15) is 11.2 Å². The summed E-state index contributed by atoms with van der Waals surface area (Å²) in [5.74, 6) is 0. The molecule has 0 aliphatic carbocycles. The van der Waals surface area contributed by atoms with Gasteiger partial charge in [-0.05, 0) is 101 Å². The highest BCUT2D eigenvalue weighted by Crippen LogP contribution is 2.44. The van der Waals surface area contributed by atoms with Crippen LogP contribution in [0, 0.1) is 0 Å². The second-order valence-corrected chi connectivity index (χ2v) is 16.4. The van der Waals surface area contributed by atoms with Gasteiger partial charge in [-0.15, -0.1) is 11.3 Å². The summed E-state index contributed by atoms with van der Waals surface area (Å²) in [4.78, 5) is 2.39. The number of hydrogen-bond donors (Lipinski definition) is 0. The van der Waals surface area contributed by atoms with Gasteiger partial charge in [0.05, 0.1) is 16.6 Å². The number of aromatic nitrogens is 1. The van der Waals surface area contributed by atoms with E-state index in [1.807, 2.05) is 23.5 Å². The van der Waals surface area contributed by atoms with Crippen LogP contribution in [-0.2, 0) is 0 Å². The number of fused-ring (bicyclic) bond motifs is 12. The summed E-state index contributed by atoms with van der Waals surface area (Å²) in [6.07, 6.45) is 0. The number of para-hydroxylation sites is 3. The lowest BCUT2D eigenvalue weighted by Gasteiger charge is -2.26. The van der Waals surface area contributed by atoms with E-state index in [-0.39, 0.29) is 0 Å². The van der Waals surface area contributed by atoms with Crippen LogP contribution in [0.1, 0.15) is 0 Å². The third kappa shape index (κ3) is 4.61. The summed E-state index contributed by atoms with van der Waals surface area (Å²) in [5.41, 5.74) is 13.5. The first kappa shape index (κ1) is 31.8. The van der Waals surface area contributed by atoms with Crippen LogP contribution in [0.3, 0.4) is 0 Å². The fraction of sp³-hybridized carbons (Fsp3) is 0. The van der Waals surface area contributed by atoms with E-state index in [4.69, 9.17) is 4.42 Å². The van der Waals surface area contributed by atoms with Gasteiger partial charge in [0.25, 0.3) is 0 Å². The Kier molecular flexibility index (Phi) is 6.60. The van der Waals surface area contributed by atoms with Crippen molar-refractivity contribution < 1.29 is 4.42 Å². The molecule has 58 heavy (non-hydrogen) atoms. The Morgan fingerprint density at radius 2 is 0.897 bits per heavy atom. The molecule has 0 atom stereocenters. The van der Waals surface area contributed by atoms with Crippen molar-refractivity contribution in [1.82, 2.24) is 4.40 Å². The molecule has 0 spiro atoms. The Labute approximate surface area is 337 Å². The summed E-state index contributed by atoms with van der Waals surface area (Å²) in [6, 6.07) is 70.8. The predicted octanol–water partition coefficient (Wildman–Crippen LogP) is 15.9. The topological polar surface area (TPSA) is 20.8 Å². The maximum atomic E-state index is 6.26. The molecule has 0 fully saturated rings. The van der Waals surface area contributed by atoms with Crippen LogP contribution < -0.4 is 4.90 Å². The second-order valence-electron chi connectivity index (χ2n) is 15.3. The van der Waals surface area contributed by atoms with Crippen LogP contribution in [-0.4, -0.2) is 4.40 Å². The van der Waals surface area contributed by atoms with E-state index in [9.17, 15) is 0 Å². The van der Waals surface area contributed by atoms with Crippen LogP contribution >= 0.6 is 11.3 Å². The van der Waals surface area contributed by atoms with E-state index in [1.54, 1.807) is 0 Å². The lowest BCUT2D eigenvalue weighted by atomic mass is 10.0. The average molecular weight is 757 g/mol. The number of rotatable bonds is 5. The van der Waals surface area contributed by atoms with E-state index in [0.717, 1.165) is 50.1 Å². The molecule has 13 rings (SSSR count). The molecule has 270 valence electrons. The molecule has 4 aromatic heterocycles. The van der Waals surface area contributed by atoms with Gasteiger partial charge in [-0.1, -0.05) is 115 Å². The summed E-state index contributed by atoms with van der Waals surface area (Å²) in [5, 5.41) is 10.0. The number of hydrogen-bond acceptors (Lipinski definition) is 3. The van der Waals surface area contributed by atoms with Gasteiger partial charge in [-0.3, -0.25) is 0 Å². The molecular weight excluding hydrogens is 725 g/mol. The third-order valence-corrected chi connectivity index (χ3v) is 13.3. The third-order valence-electron chi connectivity index (χ3n) is 12.1. The fourth-order valence-corrected chi connectivity index (χ4v) is 10.5. The molecule has 0 amide bonds. The van der Waals surface area contributed by atoms with Gasteiger partial charge in [0.2, 0.25) is 0 Å². The van der Waals surface area contributed by atoms with Crippen molar-refractivity contribution in [2.24, 2.45) is 0 Å². The molecule has 0 saturated heterocycles. The highest BCUT2D eigenvalue weighted by atomic mass is 32.1. The van der Waals surface area contributed by atoms with Crippen molar-refractivity contribution in [1.29, 1.82) is 0 Å². The molecule has 0 bridgehead atoms. The van der Waals surface area contributed by atoms with Crippen molar-refractivity contribution in [2.75, 3.05) is 4.90 Å². The summed E-state index contributed by atoms with van der Waals surface area (Å²) in [7, 11) is 0. The van der Waals surface area contributed by atoms with Gasteiger partial charge in [-0.2, -0.15) is 0 Å². The van der Waals surface area contributed by atoms with Crippen LogP contribution in [0.2, 0.25) is 0 Å². The highest BCUT2D eigenvalue weighted by Gasteiger charge is 2.20. The molecule has 0 N–H and O–H groups in total. The van der Waals surface area contributed by atoms with Crippen LogP contribution in [0.5, 0.6) is 0 Å². The Balaban J connectivity index is 0.954. The van der Waals surface area contributed by atoms with Crippen molar-refractivity contribution in [2.45, 2.75) is 0 Å². The molecule has 4 heterocycles. The smallest absolute Gasteiger partial charge is 0.136 e. The monoisotopic (exact) mass is 756 g/mol. The van der Waals surface area contributed by atoms with Crippen molar-refractivity contribution >= 4 is 109 Å². The number of anilines is 3. The van der Waals surface area contributed by atoms with Crippen LogP contribution in [0.4, 0.5) is 17.1 Å². The predicted molar refractivity (Wildman–Crippen MR) is 247 cm³/mol. The molecule has 0 saturated carbocycles. The zero-order chi connectivity index (χ0) is 37.9. The highest BCUT2D eigenvalue weighted by molar-refractivity contribution is 7.25. The summed E-state index contributed by atoms with van der Waals surface area (Å²) in [6.45, 7) is 0. The maximum Gasteiger partial charge on any atom is 0.136 e. The molecule has 9 aromatic carbocycles. The SMILES string of the molecule is c1ccc2c(c1)oc1cc(-c3ccc(N(c4ccc(-c5ccc6sc7ccccc7c6c5)cc4)c4ccc5c6cccc7c8ccccc8n(c5c4)c76)cc3)ccc12. The lowest BCUT2D eigenvalue weighted by Crippen LogP contribution is -2.10. The van der Waals surface area contributed by atoms with Gasteiger partial charge in [0.15, 0.2) is 0 Å². The molecular formula is C54H32N2OS. The van der Waals surface area contributed by atoms with Crippen LogP contribution in [0.25, 0.3) is 102 Å². The van der Waals surface area contributed by atoms with Gasteiger partial charge in [0, 0.05) is 69.6 Å². The Morgan fingerprint density at radius 1 is 0.345 bits per heavy atom. The average Bonchev–Trinajstić information content (AvgIpc) is 4.03. The first-order chi connectivity index (χ1) is 28.7. The maximum absolute atomic E-state index is 6.26.